The zero-order chi connectivity index (χ0) is 13.3. The van der Waals surface area contributed by atoms with E-state index in [9.17, 15) is 4.79 Å². The number of hydrogen-bond acceptors (Lipinski definition) is 2. The molecule has 0 unspecified atom stereocenters. The second-order valence-corrected chi connectivity index (χ2v) is 5.60. The summed E-state index contributed by atoms with van der Waals surface area (Å²) in [7, 11) is 0. The van der Waals surface area contributed by atoms with Gasteiger partial charge in [-0.15, -0.1) is 0 Å². The van der Waals surface area contributed by atoms with Crippen LogP contribution in [0.2, 0.25) is 0 Å². The highest BCUT2D eigenvalue weighted by atomic mass is 79.9. The van der Waals surface area contributed by atoms with E-state index in [1.54, 1.807) is 16.8 Å². The molecule has 0 amide bonds. The molecule has 0 bridgehead atoms. The SMILES string of the molecule is CCn1nc(C)c(Br)c1Cn1cccc(Br)c1=O. The Kier molecular flexibility index (Phi) is 4.07. The maximum atomic E-state index is 12.0. The fourth-order valence-corrected chi connectivity index (χ4v) is 2.60. The maximum Gasteiger partial charge on any atom is 0.265 e. The lowest BCUT2D eigenvalue weighted by Crippen LogP contribution is -2.22. The van der Waals surface area contributed by atoms with Gasteiger partial charge in [-0.05, 0) is 57.8 Å². The number of aromatic nitrogens is 3. The van der Waals surface area contributed by atoms with E-state index in [1.165, 1.54) is 0 Å². The van der Waals surface area contributed by atoms with Crippen LogP contribution in [0.15, 0.2) is 32.1 Å². The van der Waals surface area contributed by atoms with E-state index in [-0.39, 0.29) is 5.56 Å². The second kappa shape index (κ2) is 5.40. The minimum Gasteiger partial charge on any atom is -0.309 e. The number of pyridine rings is 1. The van der Waals surface area contributed by atoms with Gasteiger partial charge in [0.2, 0.25) is 0 Å². The van der Waals surface area contributed by atoms with Crippen LogP contribution in [-0.2, 0) is 13.1 Å². The summed E-state index contributed by atoms with van der Waals surface area (Å²) in [6, 6.07) is 3.59. The molecule has 96 valence electrons. The number of aryl methyl sites for hydroxylation is 2. The second-order valence-electron chi connectivity index (χ2n) is 3.95. The average molecular weight is 375 g/mol. The summed E-state index contributed by atoms with van der Waals surface area (Å²) in [5.74, 6) is 0. The predicted octanol–water partition coefficient (Wildman–Crippen LogP) is 2.95. The van der Waals surface area contributed by atoms with Gasteiger partial charge in [-0.3, -0.25) is 9.48 Å². The Morgan fingerprint density at radius 3 is 2.78 bits per heavy atom. The first-order chi connectivity index (χ1) is 8.54. The Labute approximate surface area is 122 Å². The molecule has 0 aliphatic rings. The van der Waals surface area contributed by atoms with Crippen LogP contribution in [0.25, 0.3) is 0 Å². The summed E-state index contributed by atoms with van der Waals surface area (Å²) >= 11 is 6.78. The molecular weight excluding hydrogens is 362 g/mol. The predicted molar refractivity (Wildman–Crippen MR) is 77.8 cm³/mol. The zero-order valence-corrected chi connectivity index (χ0v) is 13.3. The van der Waals surface area contributed by atoms with Gasteiger partial charge in [-0.25, -0.2) is 0 Å². The van der Waals surface area contributed by atoms with E-state index in [4.69, 9.17) is 0 Å². The van der Waals surface area contributed by atoms with Gasteiger partial charge >= 0.3 is 0 Å². The number of halogens is 2. The molecule has 2 rings (SSSR count). The largest absolute Gasteiger partial charge is 0.309 e. The highest BCUT2D eigenvalue weighted by molar-refractivity contribution is 9.10. The topological polar surface area (TPSA) is 39.8 Å². The Morgan fingerprint density at radius 1 is 1.39 bits per heavy atom. The van der Waals surface area contributed by atoms with E-state index in [0.29, 0.717) is 11.0 Å². The molecule has 0 spiro atoms. The van der Waals surface area contributed by atoms with E-state index >= 15 is 0 Å². The third kappa shape index (κ3) is 2.44. The van der Waals surface area contributed by atoms with Crippen molar-refractivity contribution >= 4 is 31.9 Å². The molecule has 4 nitrogen and oxygen atoms in total. The van der Waals surface area contributed by atoms with Crippen molar-refractivity contribution in [2.24, 2.45) is 0 Å². The Balaban J connectivity index is 2.46. The summed E-state index contributed by atoms with van der Waals surface area (Å²) in [5, 5.41) is 4.42. The van der Waals surface area contributed by atoms with Gasteiger partial charge in [0, 0.05) is 12.7 Å². The van der Waals surface area contributed by atoms with Gasteiger partial charge in [-0.2, -0.15) is 5.10 Å². The lowest BCUT2D eigenvalue weighted by molar-refractivity contribution is 0.590. The van der Waals surface area contributed by atoms with Crippen LogP contribution >= 0.6 is 31.9 Å². The van der Waals surface area contributed by atoms with Gasteiger partial charge in [0.05, 0.1) is 26.9 Å². The molecule has 0 saturated heterocycles. The first kappa shape index (κ1) is 13.5. The molecular formula is C12H13Br2N3O. The number of rotatable bonds is 3. The van der Waals surface area contributed by atoms with Crippen LogP contribution in [0.1, 0.15) is 18.3 Å². The lowest BCUT2D eigenvalue weighted by Gasteiger charge is -2.08. The summed E-state index contributed by atoms with van der Waals surface area (Å²) in [4.78, 5) is 12.0. The van der Waals surface area contributed by atoms with Gasteiger partial charge in [0.25, 0.3) is 5.56 Å². The summed E-state index contributed by atoms with van der Waals surface area (Å²) < 4.78 is 5.11. The molecule has 0 aliphatic heterocycles. The summed E-state index contributed by atoms with van der Waals surface area (Å²) in [6.45, 7) is 5.27. The lowest BCUT2D eigenvalue weighted by atomic mass is 10.3. The van der Waals surface area contributed by atoms with E-state index in [2.05, 4.69) is 37.0 Å². The fourth-order valence-electron chi connectivity index (χ4n) is 1.81. The molecule has 0 radical (unpaired) electrons. The van der Waals surface area contributed by atoms with Gasteiger partial charge < -0.3 is 4.57 Å². The van der Waals surface area contributed by atoms with E-state index in [0.717, 1.165) is 22.4 Å². The van der Waals surface area contributed by atoms with Crippen LogP contribution < -0.4 is 5.56 Å². The molecule has 0 aromatic carbocycles. The Morgan fingerprint density at radius 2 is 2.11 bits per heavy atom. The van der Waals surface area contributed by atoms with Gasteiger partial charge in [0.15, 0.2) is 0 Å². The van der Waals surface area contributed by atoms with Crippen molar-refractivity contribution in [1.82, 2.24) is 14.3 Å². The molecule has 2 aromatic heterocycles. The Hall–Kier alpha value is -0.880. The van der Waals surface area contributed by atoms with Crippen LogP contribution in [0.4, 0.5) is 0 Å². The fraction of sp³-hybridized carbons (Fsp3) is 0.333. The van der Waals surface area contributed by atoms with Crippen molar-refractivity contribution in [2.75, 3.05) is 0 Å². The third-order valence-corrected chi connectivity index (χ3v) is 4.38. The third-order valence-electron chi connectivity index (χ3n) is 2.75. The van der Waals surface area contributed by atoms with Crippen molar-refractivity contribution in [3.8, 4) is 0 Å². The highest BCUT2D eigenvalue weighted by Crippen LogP contribution is 2.21. The molecule has 18 heavy (non-hydrogen) atoms. The molecule has 2 aromatic rings. The smallest absolute Gasteiger partial charge is 0.265 e. The van der Waals surface area contributed by atoms with E-state index < -0.39 is 0 Å². The van der Waals surface area contributed by atoms with Gasteiger partial charge in [-0.1, -0.05) is 0 Å². The van der Waals surface area contributed by atoms with Crippen LogP contribution in [0.5, 0.6) is 0 Å². The quantitative estimate of drug-likeness (QED) is 0.828. The van der Waals surface area contributed by atoms with Crippen molar-refractivity contribution in [3.63, 3.8) is 0 Å². The average Bonchev–Trinajstić information content (AvgIpc) is 2.62. The van der Waals surface area contributed by atoms with E-state index in [1.807, 2.05) is 24.6 Å². The van der Waals surface area contributed by atoms with Crippen molar-refractivity contribution in [2.45, 2.75) is 26.9 Å². The molecule has 0 N–H and O–H groups in total. The van der Waals surface area contributed by atoms with Crippen LogP contribution in [-0.4, -0.2) is 14.3 Å². The van der Waals surface area contributed by atoms with Gasteiger partial charge in [0.1, 0.15) is 0 Å². The standard InChI is InChI=1S/C12H13Br2N3O/c1-3-17-10(11(14)8(2)15-17)7-16-6-4-5-9(13)12(16)18/h4-6H,3,7H2,1-2H3. The zero-order valence-electron chi connectivity index (χ0n) is 10.2. The summed E-state index contributed by atoms with van der Waals surface area (Å²) in [5.41, 5.74) is 1.91. The number of hydrogen-bond donors (Lipinski definition) is 0. The minimum atomic E-state index is -0.0362. The molecule has 2 heterocycles. The molecule has 6 heteroatoms. The minimum absolute atomic E-state index is 0.0362. The Bertz CT molecular complexity index is 631. The first-order valence-electron chi connectivity index (χ1n) is 5.61. The van der Waals surface area contributed by atoms with Crippen LogP contribution in [0.3, 0.4) is 0 Å². The molecule has 0 saturated carbocycles. The molecule has 0 atom stereocenters. The monoisotopic (exact) mass is 373 g/mol. The van der Waals surface area contributed by atoms with Crippen molar-refractivity contribution in [3.05, 3.63) is 49.0 Å². The first-order valence-corrected chi connectivity index (χ1v) is 7.20. The van der Waals surface area contributed by atoms with Crippen LogP contribution in [0, 0.1) is 6.92 Å². The normalized spacial score (nSPS) is 10.9. The number of nitrogens with zero attached hydrogens (tertiary/aromatic N) is 3. The maximum absolute atomic E-state index is 12.0. The highest BCUT2D eigenvalue weighted by Gasteiger charge is 2.13. The van der Waals surface area contributed by atoms with Crippen molar-refractivity contribution < 1.29 is 0 Å². The molecule has 0 aliphatic carbocycles. The summed E-state index contributed by atoms with van der Waals surface area (Å²) in [6.07, 6.45) is 1.78. The molecule has 0 fully saturated rings. The van der Waals surface area contributed by atoms with Crippen molar-refractivity contribution in [1.29, 1.82) is 0 Å².